The van der Waals surface area contributed by atoms with Crippen LogP contribution in [-0.4, -0.2) is 73.1 Å². The molecule has 2 heterocycles. The molecule has 0 aliphatic carbocycles. The second-order valence-corrected chi connectivity index (χ2v) is 9.31. The lowest BCUT2D eigenvalue weighted by Gasteiger charge is -2.33. The molecule has 0 saturated carbocycles. The van der Waals surface area contributed by atoms with E-state index in [0.717, 1.165) is 6.42 Å². The van der Waals surface area contributed by atoms with E-state index in [4.69, 9.17) is 9.47 Å². The van der Waals surface area contributed by atoms with Gasteiger partial charge in [0.2, 0.25) is 0 Å². The number of hydrogen-bond acceptors (Lipinski definition) is 10. The van der Waals surface area contributed by atoms with Gasteiger partial charge in [0.15, 0.2) is 0 Å². The van der Waals surface area contributed by atoms with Gasteiger partial charge in [0.25, 0.3) is 10.0 Å². The second-order valence-electron chi connectivity index (χ2n) is 7.66. The molecule has 1 aliphatic rings. The van der Waals surface area contributed by atoms with Crippen LogP contribution in [0, 0.1) is 0 Å². The Balaban J connectivity index is 1.78. The Morgan fingerprint density at radius 2 is 2.03 bits per heavy atom. The summed E-state index contributed by atoms with van der Waals surface area (Å²) in [7, 11) is -1.66. The Morgan fingerprint density at radius 3 is 2.71 bits per heavy atom. The van der Waals surface area contributed by atoms with Crippen LogP contribution in [0.3, 0.4) is 0 Å². The van der Waals surface area contributed by atoms with Crippen molar-refractivity contribution < 1.29 is 27.8 Å². The van der Waals surface area contributed by atoms with Gasteiger partial charge in [-0.15, -0.1) is 5.10 Å². The average Bonchev–Trinajstić information content (AvgIpc) is 3.38. The van der Waals surface area contributed by atoms with Gasteiger partial charge in [0, 0.05) is 13.1 Å². The highest BCUT2D eigenvalue weighted by molar-refractivity contribution is 7.92. The maximum absolute atomic E-state index is 13.5. The van der Waals surface area contributed by atoms with Gasteiger partial charge in [0.05, 0.1) is 42.9 Å². The van der Waals surface area contributed by atoms with Crippen molar-refractivity contribution in [3.8, 4) is 11.4 Å². The molecule has 4 rings (SSSR count). The third-order valence-electron chi connectivity index (χ3n) is 5.45. The average molecular weight is 489 g/mol. The number of rotatable bonds is 7. The van der Waals surface area contributed by atoms with Crippen LogP contribution in [0.1, 0.15) is 23.2 Å². The molecular weight excluding hydrogens is 464 g/mol. The zero-order chi connectivity index (χ0) is 24.3. The largest absolute Gasteiger partial charge is 0.495 e. The molecule has 2 aromatic carbocycles. The van der Waals surface area contributed by atoms with E-state index in [2.05, 4.69) is 20.2 Å². The van der Waals surface area contributed by atoms with Crippen LogP contribution in [0.25, 0.3) is 5.69 Å². The third-order valence-corrected chi connectivity index (χ3v) is 6.84. The summed E-state index contributed by atoms with van der Waals surface area (Å²) < 4.78 is 40.9. The summed E-state index contributed by atoms with van der Waals surface area (Å²) in [4.78, 5) is 13.7. The molecular formula is C21H24N6O6S. The number of methoxy groups -OCH3 is 2. The van der Waals surface area contributed by atoms with Gasteiger partial charge in [-0.05, 0) is 59.7 Å². The number of anilines is 2. The van der Waals surface area contributed by atoms with Crippen LogP contribution in [0.15, 0.2) is 47.6 Å². The highest BCUT2D eigenvalue weighted by Crippen LogP contribution is 2.34. The van der Waals surface area contributed by atoms with E-state index >= 15 is 0 Å². The summed E-state index contributed by atoms with van der Waals surface area (Å²) in [5, 5.41) is 21.2. The van der Waals surface area contributed by atoms with E-state index in [-0.39, 0.29) is 21.9 Å². The lowest BCUT2D eigenvalue weighted by atomic mass is 10.1. The fourth-order valence-corrected chi connectivity index (χ4v) is 5.07. The highest BCUT2D eigenvalue weighted by atomic mass is 32.2. The Hall–Kier alpha value is -3.71. The molecule has 12 nitrogen and oxygen atoms in total. The van der Waals surface area contributed by atoms with Crippen LogP contribution in [0.2, 0.25) is 0 Å². The number of aliphatic hydroxyl groups is 1. The quantitative estimate of drug-likeness (QED) is 0.465. The molecule has 0 spiro atoms. The van der Waals surface area contributed by atoms with Crippen molar-refractivity contribution in [1.29, 1.82) is 0 Å². The van der Waals surface area contributed by atoms with Crippen molar-refractivity contribution in [3.63, 3.8) is 0 Å². The first kappa shape index (κ1) is 23.4. The summed E-state index contributed by atoms with van der Waals surface area (Å²) in [6.07, 6.45) is 2.31. The number of aliphatic hydroxyl groups excluding tert-OH is 1. The summed E-state index contributed by atoms with van der Waals surface area (Å²) in [5.74, 6) is -0.616. The summed E-state index contributed by atoms with van der Waals surface area (Å²) >= 11 is 0. The first-order chi connectivity index (χ1) is 16.3. The van der Waals surface area contributed by atoms with Crippen LogP contribution >= 0.6 is 0 Å². The number of esters is 1. The number of tetrazole rings is 1. The monoisotopic (exact) mass is 488 g/mol. The molecule has 0 amide bonds. The van der Waals surface area contributed by atoms with E-state index < -0.39 is 22.1 Å². The van der Waals surface area contributed by atoms with Crippen LogP contribution < -0.4 is 14.4 Å². The topological polar surface area (TPSA) is 149 Å². The maximum Gasteiger partial charge on any atom is 0.337 e. The first-order valence-corrected chi connectivity index (χ1v) is 11.9. The lowest BCUT2D eigenvalue weighted by Crippen LogP contribution is -2.38. The van der Waals surface area contributed by atoms with Crippen LogP contribution in [0.4, 0.5) is 11.4 Å². The normalized spacial score (nSPS) is 16.2. The Labute approximate surface area is 196 Å². The van der Waals surface area contributed by atoms with Gasteiger partial charge >= 0.3 is 5.97 Å². The number of ether oxygens (including phenoxy) is 2. The number of carbonyl (C=O) groups is 1. The van der Waals surface area contributed by atoms with Crippen LogP contribution in [-0.2, 0) is 14.8 Å². The van der Waals surface area contributed by atoms with E-state index in [1.54, 1.807) is 18.2 Å². The van der Waals surface area contributed by atoms with E-state index in [1.807, 2.05) is 4.90 Å². The Kier molecular flexibility index (Phi) is 6.65. The molecule has 1 aromatic heterocycles. The maximum atomic E-state index is 13.5. The fraction of sp³-hybridized carbons (Fsp3) is 0.333. The number of sulfonamides is 1. The zero-order valence-corrected chi connectivity index (χ0v) is 19.4. The van der Waals surface area contributed by atoms with Gasteiger partial charge < -0.3 is 19.5 Å². The molecule has 34 heavy (non-hydrogen) atoms. The molecule has 180 valence electrons. The standard InChI is InChI=1S/C21H24N6O6S/c1-32-19-8-5-14(21(29)33-2)10-20(19)34(30,31)23-17-11-15(27-13-22-24-25-27)6-7-18(17)26-9-3-4-16(28)12-26/h5-8,10-11,13,16,23,28H,3-4,9,12H2,1-2H3/t16-/m1/s1. The van der Waals surface area contributed by atoms with Gasteiger partial charge in [0.1, 0.15) is 17.0 Å². The van der Waals surface area contributed by atoms with Crippen LogP contribution in [0.5, 0.6) is 5.75 Å². The molecule has 0 radical (unpaired) electrons. The van der Waals surface area contributed by atoms with Crippen molar-refractivity contribution >= 4 is 27.4 Å². The summed E-state index contributed by atoms with van der Waals surface area (Å²) in [5.41, 5.74) is 1.43. The predicted octanol–water partition coefficient (Wildman–Crippen LogP) is 1.22. The third kappa shape index (κ3) is 4.79. The number of aromatic nitrogens is 4. The number of β-amino-alcohol motifs (C(OH)–C–C–N with tert-alkyl or cyclic N) is 1. The highest BCUT2D eigenvalue weighted by Gasteiger charge is 2.26. The number of hydrogen-bond donors (Lipinski definition) is 2. The number of nitrogens with one attached hydrogen (secondary N) is 1. The Morgan fingerprint density at radius 1 is 1.21 bits per heavy atom. The SMILES string of the molecule is COC(=O)c1ccc(OC)c(S(=O)(=O)Nc2cc(-n3cnnn3)ccc2N2CCC[C@@H](O)C2)c1. The van der Waals surface area contributed by atoms with Gasteiger partial charge in [-0.3, -0.25) is 4.72 Å². The van der Waals surface area contributed by atoms with Crippen molar-refractivity contribution in [2.24, 2.45) is 0 Å². The van der Waals surface area contributed by atoms with Gasteiger partial charge in [-0.25, -0.2) is 17.9 Å². The fourth-order valence-electron chi connectivity index (χ4n) is 3.81. The van der Waals surface area contributed by atoms with E-state index in [1.165, 1.54) is 43.4 Å². The predicted molar refractivity (Wildman–Crippen MR) is 122 cm³/mol. The van der Waals surface area contributed by atoms with E-state index in [0.29, 0.717) is 30.9 Å². The van der Waals surface area contributed by atoms with Crippen molar-refractivity contribution in [2.45, 2.75) is 23.8 Å². The molecule has 1 aliphatic heterocycles. The van der Waals surface area contributed by atoms with Gasteiger partial charge in [-0.2, -0.15) is 0 Å². The summed E-state index contributed by atoms with van der Waals surface area (Å²) in [6.45, 7) is 1.01. The van der Waals surface area contributed by atoms with Gasteiger partial charge in [-0.1, -0.05) is 0 Å². The molecule has 1 fully saturated rings. The number of carbonyl (C=O) groups excluding carboxylic acids is 1. The minimum Gasteiger partial charge on any atom is -0.495 e. The molecule has 2 N–H and O–H groups in total. The Bertz CT molecular complexity index is 1280. The molecule has 0 unspecified atom stereocenters. The number of benzene rings is 2. The number of piperidine rings is 1. The summed E-state index contributed by atoms with van der Waals surface area (Å²) in [6, 6.07) is 9.10. The van der Waals surface area contributed by atoms with Crippen molar-refractivity contribution in [3.05, 3.63) is 48.3 Å². The lowest BCUT2D eigenvalue weighted by molar-refractivity contribution is 0.0600. The van der Waals surface area contributed by atoms with Crippen molar-refractivity contribution in [2.75, 3.05) is 36.9 Å². The minimum atomic E-state index is -4.21. The molecule has 3 aromatic rings. The molecule has 13 heteroatoms. The molecule has 1 saturated heterocycles. The molecule has 1 atom stereocenters. The minimum absolute atomic E-state index is 0.0606. The van der Waals surface area contributed by atoms with Crippen molar-refractivity contribution in [1.82, 2.24) is 20.2 Å². The number of nitrogens with zero attached hydrogens (tertiary/aromatic N) is 5. The first-order valence-electron chi connectivity index (χ1n) is 10.4. The zero-order valence-electron chi connectivity index (χ0n) is 18.6. The molecule has 0 bridgehead atoms. The smallest absolute Gasteiger partial charge is 0.337 e. The van der Waals surface area contributed by atoms with E-state index in [9.17, 15) is 18.3 Å². The second kappa shape index (κ2) is 9.65.